The van der Waals surface area contributed by atoms with Crippen molar-refractivity contribution in [3.05, 3.63) is 65.2 Å². The first-order chi connectivity index (χ1) is 18.6. The van der Waals surface area contributed by atoms with Gasteiger partial charge in [-0.05, 0) is 68.1 Å². The van der Waals surface area contributed by atoms with Crippen LogP contribution in [0.3, 0.4) is 0 Å². The Labute approximate surface area is 227 Å². The molecule has 2 amide bonds. The summed E-state index contributed by atoms with van der Waals surface area (Å²) < 4.78 is 6.21. The Hall–Kier alpha value is -2.90. The molecule has 0 radical (unpaired) electrons. The summed E-state index contributed by atoms with van der Waals surface area (Å²) in [4.78, 5) is 29.8. The highest BCUT2D eigenvalue weighted by atomic mass is 16.5. The predicted octanol–water partition coefficient (Wildman–Crippen LogP) is 3.92. The number of nitrogens with zero attached hydrogens (tertiary/aromatic N) is 2. The van der Waals surface area contributed by atoms with E-state index in [0.717, 1.165) is 74.1 Å². The van der Waals surface area contributed by atoms with E-state index in [1.165, 1.54) is 0 Å². The summed E-state index contributed by atoms with van der Waals surface area (Å²) in [7, 11) is 0. The second kappa shape index (κ2) is 14.9. The highest BCUT2D eigenvalue weighted by molar-refractivity contribution is 5.78. The molecule has 2 N–H and O–H groups in total. The van der Waals surface area contributed by atoms with E-state index in [-0.39, 0.29) is 18.4 Å². The first-order valence-electron chi connectivity index (χ1n) is 14.3. The summed E-state index contributed by atoms with van der Waals surface area (Å²) in [6.07, 6.45) is 6.88. The van der Waals surface area contributed by atoms with Gasteiger partial charge in [0.1, 0.15) is 5.75 Å². The fraction of sp³-hybridized carbons (Fsp3) is 0.548. The lowest BCUT2D eigenvalue weighted by Gasteiger charge is -2.32. The van der Waals surface area contributed by atoms with E-state index in [4.69, 9.17) is 4.74 Å². The largest absolute Gasteiger partial charge is 0.493 e. The number of fused-ring (bicyclic) bond motifs is 1. The van der Waals surface area contributed by atoms with Gasteiger partial charge in [-0.2, -0.15) is 0 Å². The molecule has 0 saturated carbocycles. The maximum atomic E-state index is 12.9. The Morgan fingerprint density at radius 3 is 2.61 bits per heavy atom. The molecule has 2 aliphatic rings. The van der Waals surface area contributed by atoms with Crippen molar-refractivity contribution >= 4 is 11.8 Å². The SMILES string of the molecule is O=C1CN(Cc2ccccc2)Cc2cc(CCC(=O)N3CCC(CCO)CC3)ccc2OCCCCCN1. The van der Waals surface area contributed by atoms with Crippen LogP contribution in [-0.2, 0) is 29.1 Å². The number of benzene rings is 2. The van der Waals surface area contributed by atoms with Crippen LogP contribution < -0.4 is 10.1 Å². The Bertz CT molecular complexity index is 1020. The van der Waals surface area contributed by atoms with E-state index in [1.54, 1.807) is 0 Å². The summed E-state index contributed by atoms with van der Waals surface area (Å²) in [6, 6.07) is 16.5. The molecule has 0 aromatic heterocycles. The monoisotopic (exact) mass is 521 g/mol. The van der Waals surface area contributed by atoms with Gasteiger partial charge in [-0.3, -0.25) is 14.5 Å². The standard InChI is InChI=1S/C31H43N3O4/c35-19-15-25-13-17-34(18-14-25)31(37)12-10-26-9-11-29-28(21-26)23-33(22-27-7-3-1-4-8-27)24-30(36)32-16-5-2-6-20-38-29/h1,3-4,7-9,11,21,25,35H,2,5-6,10,12-20,22-24H2,(H,32,36). The van der Waals surface area contributed by atoms with Gasteiger partial charge < -0.3 is 20.1 Å². The molecule has 1 saturated heterocycles. The summed E-state index contributed by atoms with van der Waals surface area (Å²) in [5, 5.41) is 12.3. The Morgan fingerprint density at radius 2 is 1.82 bits per heavy atom. The number of amides is 2. The minimum absolute atomic E-state index is 0.0483. The zero-order valence-electron chi connectivity index (χ0n) is 22.6. The number of rotatable bonds is 7. The molecule has 2 aliphatic heterocycles. The molecule has 206 valence electrons. The number of piperidine rings is 1. The van der Waals surface area contributed by atoms with Gasteiger partial charge >= 0.3 is 0 Å². The summed E-state index contributed by atoms with van der Waals surface area (Å²) >= 11 is 0. The lowest BCUT2D eigenvalue weighted by atomic mass is 9.93. The van der Waals surface area contributed by atoms with E-state index < -0.39 is 0 Å². The number of aliphatic hydroxyl groups is 1. The van der Waals surface area contributed by atoms with E-state index >= 15 is 0 Å². The Kier molecular flexibility index (Phi) is 11.0. The van der Waals surface area contributed by atoms with Crippen molar-refractivity contribution in [1.82, 2.24) is 15.1 Å². The molecule has 7 heteroatoms. The molecule has 0 atom stereocenters. The molecule has 0 aliphatic carbocycles. The van der Waals surface area contributed by atoms with Gasteiger partial charge in [-0.25, -0.2) is 0 Å². The second-order valence-electron chi connectivity index (χ2n) is 10.7. The number of hydrogen-bond acceptors (Lipinski definition) is 5. The van der Waals surface area contributed by atoms with Gasteiger partial charge in [0.15, 0.2) is 0 Å². The van der Waals surface area contributed by atoms with Gasteiger partial charge in [-0.15, -0.1) is 0 Å². The summed E-state index contributed by atoms with van der Waals surface area (Å²) in [5.41, 5.74) is 3.34. The van der Waals surface area contributed by atoms with Crippen LogP contribution in [0.25, 0.3) is 0 Å². The Morgan fingerprint density at radius 1 is 1.00 bits per heavy atom. The van der Waals surface area contributed by atoms with Crippen molar-refractivity contribution in [1.29, 1.82) is 0 Å². The normalized spacial score (nSPS) is 18.3. The van der Waals surface area contributed by atoms with Crippen molar-refractivity contribution in [3.63, 3.8) is 0 Å². The lowest BCUT2D eigenvalue weighted by Crippen LogP contribution is -2.38. The molecule has 7 nitrogen and oxygen atoms in total. The van der Waals surface area contributed by atoms with E-state index in [2.05, 4.69) is 34.5 Å². The topological polar surface area (TPSA) is 82.1 Å². The van der Waals surface area contributed by atoms with Gasteiger partial charge in [0.2, 0.25) is 11.8 Å². The van der Waals surface area contributed by atoms with Crippen molar-refractivity contribution < 1.29 is 19.4 Å². The zero-order valence-corrected chi connectivity index (χ0v) is 22.6. The van der Waals surface area contributed by atoms with E-state index in [9.17, 15) is 14.7 Å². The van der Waals surface area contributed by atoms with Crippen molar-refractivity contribution in [2.24, 2.45) is 5.92 Å². The smallest absolute Gasteiger partial charge is 0.234 e. The molecular weight excluding hydrogens is 478 g/mol. The van der Waals surface area contributed by atoms with Crippen LogP contribution in [0, 0.1) is 5.92 Å². The van der Waals surface area contributed by atoms with Crippen LogP contribution in [0.1, 0.15) is 61.6 Å². The number of aliphatic hydroxyl groups excluding tert-OH is 1. The molecular formula is C31H43N3O4. The number of aryl methyl sites for hydroxylation is 1. The van der Waals surface area contributed by atoms with Crippen LogP contribution in [0.4, 0.5) is 0 Å². The first-order valence-corrected chi connectivity index (χ1v) is 14.3. The van der Waals surface area contributed by atoms with Crippen LogP contribution >= 0.6 is 0 Å². The molecule has 0 spiro atoms. The molecule has 2 aromatic rings. The highest BCUT2D eigenvalue weighted by Crippen LogP contribution is 2.25. The van der Waals surface area contributed by atoms with Crippen molar-refractivity contribution in [2.45, 2.75) is 64.5 Å². The third-order valence-corrected chi connectivity index (χ3v) is 7.67. The zero-order chi connectivity index (χ0) is 26.6. The fourth-order valence-corrected chi connectivity index (χ4v) is 5.44. The number of nitrogens with one attached hydrogen (secondary N) is 1. The number of likely N-dealkylation sites (tertiary alicyclic amines) is 1. The maximum absolute atomic E-state index is 12.9. The minimum atomic E-state index is 0.0483. The minimum Gasteiger partial charge on any atom is -0.493 e. The number of ether oxygens (including phenoxy) is 1. The average molecular weight is 522 g/mol. The molecule has 2 aromatic carbocycles. The van der Waals surface area contributed by atoms with Gasteiger partial charge in [-0.1, -0.05) is 42.5 Å². The fourth-order valence-electron chi connectivity index (χ4n) is 5.44. The Balaban J connectivity index is 1.44. The maximum Gasteiger partial charge on any atom is 0.234 e. The van der Waals surface area contributed by atoms with Gasteiger partial charge in [0.25, 0.3) is 0 Å². The molecule has 4 rings (SSSR count). The van der Waals surface area contributed by atoms with E-state index in [1.807, 2.05) is 29.2 Å². The summed E-state index contributed by atoms with van der Waals surface area (Å²) in [5.74, 6) is 1.65. The van der Waals surface area contributed by atoms with Crippen molar-refractivity contribution in [3.8, 4) is 5.75 Å². The number of carbonyl (C=O) groups excluding carboxylic acids is 2. The molecule has 2 heterocycles. The number of carbonyl (C=O) groups is 2. The van der Waals surface area contributed by atoms with Crippen LogP contribution in [0.2, 0.25) is 0 Å². The second-order valence-corrected chi connectivity index (χ2v) is 10.7. The number of hydrogen-bond donors (Lipinski definition) is 2. The van der Waals surface area contributed by atoms with Crippen molar-refractivity contribution in [2.75, 3.05) is 39.4 Å². The molecule has 0 unspecified atom stereocenters. The molecule has 0 bridgehead atoms. The van der Waals surface area contributed by atoms with Gasteiger partial charge in [0, 0.05) is 51.3 Å². The summed E-state index contributed by atoms with van der Waals surface area (Å²) in [6.45, 7) is 4.75. The predicted molar refractivity (Wildman–Crippen MR) is 149 cm³/mol. The van der Waals surface area contributed by atoms with Gasteiger partial charge in [0.05, 0.1) is 13.2 Å². The quantitative estimate of drug-likeness (QED) is 0.577. The highest BCUT2D eigenvalue weighted by Gasteiger charge is 2.22. The third-order valence-electron chi connectivity index (χ3n) is 7.67. The van der Waals surface area contributed by atoms with Crippen LogP contribution in [-0.4, -0.2) is 66.1 Å². The lowest BCUT2D eigenvalue weighted by molar-refractivity contribution is -0.132. The van der Waals surface area contributed by atoms with E-state index in [0.29, 0.717) is 51.5 Å². The third kappa shape index (κ3) is 8.84. The molecule has 38 heavy (non-hydrogen) atoms. The first kappa shape index (κ1) is 28.1. The van der Waals surface area contributed by atoms with Crippen LogP contribution in [0.15, 0.2) is 48.5 Å². The molecule has 1 fully saturated rings. The average Bonchev–Trinajstić information content (AvgIpc) is 2.94. The van der Waals surface area contributed by atoms with Crippen LogP contribution in [0.5, 0.6) is 5.75 Å².